The minimum absolute atomic E-state index is 0.102. The number of carbonyl (C=O) groups excluding carboxylic acids is 1. The van der Waals surface area contributed by atoms with E-state index in [2.05, 4.69) is 43.5 Å². The zero-order valence-corrected chi connectivity index (χ0v) is 13.3. The van der Waals surface area contributed by atoms with Gasteiger partial charge in [-0.1, -0.05) is 25.8 Å². The molecule has 2 N–H and O–H groups in total. The second kappa shape index (κ2) is 5.70. The molecule has 3 atom stereocenters. The van der Waals surface area contributed by atoms with Crippen molar-refractivity contribution in [2.45, 2.75) is 65.0 Å². The molecule has 1 fully saturated rings. The van der Waals surface area contributed by atoms with E-state index in [1.807, 2.05) is 0 Å². The lowest BCUT2D eigenvalue weighted by Gasteiger charge is -2.30. The number of hydrogen-bond acceptors (Lipinski definition) is 2. The van der Waals surface area contributed by atoms with Crippen LogP contribution in [0.3, 0.4) is 0 Å². The highest BCUT2D eigenvalue weighted by Gasteiger charge is 2.31. The summed E-state index contributed by atoms with van der Waals surface area (Å²) in [5, 5.41) is 6.69. The van der Waals surface area contributed by atoms with Crippen LogP contribution in [0.2, 0.25) is 0 Å². The Morgan fingerprint density at radius 3 is 2.76 bits per heavy atom. The lowest BCUT2D eigenvalue weighted by molar-refractivity contribution is -0.123. The molecule has 0 spiro atoms. The minimum Gasteiger partial charge on any atom is -0.373 e. The molecular weight excluding hydrogens is 260 g/mol. The van der Waals surface area contributed by atoms with Gasteiger partial charge in [-0.2, -0.15) is 0 Å². The van der Waals surface area contributed by atoms with Gasteiger partial charge in [0.15, 0.2) is 0 Å². The fourth-order valence-corrected chi connectivity index (χ4v) is 3.81. The van der Waals surface area contributed by atoms with Gasteiger partial charge in [-0.3, -0.25) is 4.79 Å². The lowest BCUT2D eigenvalue weighted by atomic mass is 9.86. The van der Waals surface area contributed by atoms with E-state index in [1.165, 1.54) is 36.0 Å². The first-order chi connectivity index (χ1) is 10.0. The van der Waals surface area contributed by atoms with E-state index in [1.54, 1.807) is 0 Å². The maximum absolute atomic E-state index is 12.6. The van der Waals surface area contributed by atoms with Gasteiger partial charge in [0.1, 0.15) is 6.04 Å². The molecule has 1 aliphatic heterocycles. The van der Waals surface area contributed by atoms with Crippen molar-refractivity contribution in [2.24, 2.45) is 5.92 Å². The predicted octanol–water partition coefficient (Wildman–Crippen LogP) is 3.33. The SMILES string of the molecule is Cc1cc(C)c2c(c1)NC(C(=O)N[C@@H]1CCCC[C@@H]1C)C2. The molecule has 114 valence electrons. The highest BCUT2D eigenvalue weighted by Crippen LogP contribution is 2.30. The van der Waals surface area contributed by atoms with Gasteiger partial charge in [0.05, 0.1) is 0 Å². The van der Waals surface area contributed by atoms with Crippen molar-refractivity contribution < 1.29 is 4.79 Å². The Labute approximate surface area is 127 Å². The second-order valence-corrected chi connectivity index (χ2v) is 6.89. The van der Waals surface area contributed by atoms with Crippen molar-refractivity contribution in [3.05, 3.63) is 28.8 Å². The Hall–Kier alpha value is -1.51. The molecule has 1 aliphatic carbocycles. The monoisotopic (exact) mass is 286 g/mol. The van der Waals surface area contributed by atoms with Gasteiger partial charge in [-0.15, -0.1) is 0 Å². The molecule has 3 rings (SSSR count). The summed E-state index contributed by atoms with van der Waals surface area (Å²) in [6, 6.07) is 4.61. The maximum Gasteiger partial charge on any atom is 0.243 e. The summed E-state index contributed by atoms with van der Waals surface area (Å²) in [5.41, 5.74) is 4.99. The second-order valence-electron chi connectivity index (χ2n) is 6.89. The number of amides is 1. The van der Waals surface area contributed by atoms with Gasteiger partial charge < -0.3 is 10.6 Å². The standard InChI is InChI=1S/C18H26N2O/c1-11-8-13(3)14-10-17(19-16(14)9-11)18(21)20-15-7-5-4-6-12(15)2/h8-9,12,15,17,19H,4-7,10H2,1-3H3,(H,20,21)/t12-,15+,17?/m0/s1. The molecule has 1 aromatic carbocycles. The van der Waals surface area contributed by atoms with Crippen LogP contribution in [-0.2, 0) is 11.2 Å². The zero-order chi connectivity index (χ0) is 15.0. The summed E-state index contributed by atoms with van der Waals surface area (Å²) in [5.74, 6) is 0.775. The van der Waals surface area contributed by atoms with Gasteiger partial charge in [-0.05, 0) is 55.4 Å². The van der Waals surface area contributed by atoms with E-state index < -0.39 is 0 Å². The molecule has 1 heterocycles. The number of benzene rings is 1. The molecular formula is C18H26N2O. The summed E-state index contributed by atoms with van der Waals surface area (Å²) >= 11 is 0. The third-order valence-corrected chi connectivity index (χ3v) is 5.11. The largest absolute Gasteiger partial charge is 0.373 e. The van der Waals surface area contributed by atoms with Gasteiger partial charge >= 0.3 is 0 Å². The quantitative estimate of drug-likeness (QED) is 0.875. The normalized spacial score (nSPS) is 27.9. The first kappa shape index (κ1) is 14.4. The van der Waals surface area contributed by atoms with Crippen molar-refractivity contribution >= 4 is 11.6 Å². The Balaban J connectivity index is 1.66. The molecule has 0 bridgehead atoms. The number of fused-ring (bicyclic) bond motifs is 1. The summed E-state index contributed by atoms with van der Waals surface area (Å²) in [7, 11) is 0. The first-order valence-electron chi connectivity index (χ1n) is 8.21. The maximum atomic E-state index is 12.6. The Kier molecular flexibility index (Phi) is 3.92. The Bertz CT molecular complexity index is 552. The van der Waals surface area contributed by atoms with Gasteiger partial charge in [0.25, 0.3) is 0 Å². The van der Waals surface area contributed by atoms with E-state index in [-0.39, 0.29) is 11.9 Å². The summed E-state index contributed by atoms with van der Waals surface area (Å²) < 4.78 is 0. The molecule has 1 saturated carbocycles. The van der Waals surface area contributed by atoms with E-state index in [4.69, 9.17) is 0 Å². The van der Waals surface area contributed by atoms with Crippen LogP contribution in [0.25, 0.3) is 0 Å². The van der Waals surface area contributed by atoms with Crippen molar-refractivity contribution in [3.8, 4) is 0 Å². The summed E-state index contributed by atoms with van der Waals surface area (Å²) in [6.07, 6.45) is 5.73. The van der Waals surface area contributed by atoms with E-state index in [9.17, 15) is 4.79 Å². The highest BCUT2D eigenvalue weighted by atomic mass is 16.2. The van der Waals surface area contributed by atoms with Crippen LogP contribution in [0.15, 0.2) is 12.1 Å². The van der Waals surface area contributed by atoms with Crippen LogP contribution in [0.1, 0.15) is 49.3 Å². The van der Waals surface area contributed by atoms with Crippen LogP contribution < -0.4 is 10.6 Å². The van der Waals surface area contributed by atoms with Crippen molar-refractivity contribution in [1.29, 1.82) is 0 Å². The number of hydrogen-bond donors (Lipinski definition) is 2. The smallest absolute Gasteiger partial charge is 0.243 e. The Morgan fingerprint density at radius 2 is 2.00 bits per heavy atom. The third kappa shape index (κ3) is 2.92. The molecule has 0 aromatic heterocycles. The van der Waals surface area contributed by atoms with Gasteiger partial charge in [-0.25, -0.2) is 0 Å². The molecule has 3 nitrogen and oxygen atoms in total. The molecule has 1 amide bonds. The van der Waals surface area contributed by atoms with Crippen LogP contribution in [0, 0.1) is 19.8 Å². The molecule has 2 aliphatic rings. The first-order valence-corrected chi connectivity index (χ1v) is 8.21. The summed E-state index contributed by atoms with van der Waals surface area (Å²) in [4.78, 5) is 12.6. The van der Waals surface area contributed by atoms with Crippen LogP contribution >= 0.6 is 0 Å². The van der Waals surface area contributed by atoms with Crippen LogP contribution in [0.4, 0.5) is 5.69 Å². The van der Waals surface area contributed by atoms with E-state index >= 15 is 0 Å². The van der Waals surface area contributed by atoms with Crippen LogP contribution in [0.5, 0.6) is 0 Å². The predicted molar refractivity (Wildman–Crippen MR) is 86.6 cm³/mol. The molecule has 0 saturated heterocycles. The van der Waals surface area contributed by atoms with Gasteiger partial charge in [0.2, 0.25) is 5.91 Å². The minimum atomic E-state index is -0.102. The number of rotatable bonds is 2. The van der Waals surface area contributed by atoms with Crippen LogP contribution in [-0.4, -0.2) is 18.0 Å². The molecule has 3 heteroatoms. The van der Waals surface area contributed by atoms with Crippen molar-refractivity contribution in [2.75, 3.05) is 5.32 Å². The highest BCUT2D eigenvalue weighted by molar-refractivity contribution is 5.88. The molecule has 1 aromatic rings. The van der Waals surface area contributed by atoms with E-state index in [0.29, 0.717) is 12.0 Å². The topological polar surface area (TPSA) is 41.1 Å². The number of anilines is 1. The fraction of sp³-hybridized carbons (Fsp3) is 0.611. The molecule has 1 unspecified atom stereocenters. The van der Waals surface area contributed by atoms with Gasteiger partial charge in [0, 0.05) is 18.2 Å². The number of aryl methyl sites for hydroxylation is 2. The summed E-state index contributed by atoms with van der Waals surface area (Å²) in [6.45, 7) is 6.50. The molecule has 21 heavy (non-hydrogen) atoms. The number of carbonyl (C=O) groups is 1. The van der Waals surface area contributed by atoms with E-state index in [0.717, 1.165) is 18.5 Å². The molecule has 0 radical (unpaired) electrons. The average molecular weight is 286 g/mol. The van der Waals surface area contributed by atoms with Crippen molar-refractivity contribution in [1.82, 2.24) is 5.32 Å². The fourth-order valence-electron chi connectivity index (χ4n) is 3.81. The Morgan fingerprint density at radius 1 is 1.24 bits per heavy atom. The zero-order valence-electron chi connectivity index (χ0n) is 13.3. The number of nitrogens with one attached hydrogen (secondary N) is 2. The van der Waals surface area contributed by atoms with Crippen molar-refractivity contribution in [3.63, 3.8) is 0 Å². The average Bonchev–Trinajstić information content (AvgIpc) is 2.85. The lowest BCUT2D eigenvalue weighted by Crippen LogP contribution is -2.47. The third-order valence-electron chi connectivity index (χ3n) is 5.11.